The van der Waals surface area contributed by atoms with Crippen LogP contribution in [-0.2, 0) is 6.61 Å². The van der Waals surface area contributed by atoms with Gasteiger partial charge in [-0.25, -0.2) is 0 Å². The Morgan fingerprint density at radius 2 is 1.75 bits per heavy atom. The summed E-state index contributed by atoms with van der Waals surface area (Å²) in [6.45, 7) is 0.523. The van der Waals surface area contributed by atoms with E-state index in [1.54, 1.807) is 13.3 Å². The molecular formula is C22H21N3O2S. The number of nitrogens with zero attached hydrogens (tertiary/aromatic N) is 1. The Balaban J connectivity index is 1.50. The topological polar surface area (TPSA) is 54.9 Å². The molecule has 3 rings (SSSR count). The van der Waals surface area contributed by atoms with Crippen LogP contribution in [0.2, 0.25) is 0 Å². The largest absolute Gasteiger partial charge is 0.497 e. The maximum absolute atomic E-state index is 5.83. The van der Waals surface area contributed by atoms with Gasteiger partial charge in [0.2, 0.25) is 0 Å². The van der Waals surface area contributed by atoms with Gasteiger partial charge >= 0.3 is 0 Å². The van der Waals surface area contributed by atoms with Gasteiger partial charge in [-0.3, -0.25) is 5.43 Å². The van der Waals surface area contributed by atoms with Gasteiger partial charge in [0.1, 0.15) is 18.1 Å². The van der Waals surface area contributed by atoms with Crippen molar-refractivity contribution in [2.45, 2.75) is 6.61 Å². The van der Waals surface area contributed by atoms with Gasteiger partial charge in [0, 0.05) is 5.69 Å². The fraction of sp³-hybridized carbons (Fsp3) is 0.0909. The van der Waals surface area contributed by atoms with Crippen molar-refractivity contribution in [3.8, 4) is 11.5 Å². The van der Waals surface area contributed by atoms with Crippen LogP contribution in [0.3, 0.4) is 0 Å². The zero-order chi connectivity index (χ0) is 19.6. The van der Waals surface area contributed by atoms with E-state index < -0.39 is 0 Å². The van der Waals surface area contributed by atoms with Crippen molar-refractivity contribution >= 4 is 29.2 Å². The summed E-state index contributed by atoms with van der Waals surface area (Å²) in [5, 5.41) is 7.63. The number of thiocarbonyl (C=S) groups is 1. The van der Waals surface area contributed by atoms with Gasteiger partial charge in [-0.15, -0.1) is 0 Å². The average Bonchev–Trinajstić information content (AvgIpc) is 2.74. The summed E-state index contributed by atoms with van der Waals surface area (Å²) in [5.41, 5.74) is 5.69. The van der Waals surface area contributed by atoms with E-state index in [4.69, 9.17) is 21.7 Å². The summed E-state index contributed by atoms with van der Waals surface area (Å²) in [4.78, 5) is 0. The lowest BCUT2D eigenvalue weighted by Crippen LogP contribution is -2.23. The van der Waals surface area contributed by atoms with Gasteiger partial charge in [-0.1, -0.05) is 42.5 Å². The highest BCUT2D eigenvalue weighted by atomic mass is 32.1. The monoisotopic (exact) mass is 391 g/mol. The highest BCUT2D eigenvalue weighted by Gasteiger charge is 1.99. The van der Waals surface area contributed by atoms with Crippen LogP contribution in [-0.4, -0.2) is 18.4 Å². The van der Waals surface area contributed by atoms with E-state index in [2.05, 4.69) is 15.8 Å². The fourth-order valence-corrected chi connectivity index (χ4v) is 2.59. The van der Waals surface area contributed by atoms with E-state index >= 15 is 0 Å². The zero-order valence-corrected chi connectivity index (χ0v) is 16.3. The van der Waals surface area contributed by atoms with Crippen molar-refractivity contribution < 1.29 is 9.47 Å². The molecule has 3 aromatic rings. The molecule has 0 aliphatic heterocycles. The molecule has 142 valence electrons. The number of rotatable bonds is 7. The van der Waals surface area contributed by atoms with E-state index in [1.165, 1.54) is 0 Å². The number of benzene rings is 3. The third kappa shape index (κ3) is 6.10. The lowest BCUT2D eigenvalue weighted by Gasteiger charge is -2.08. The van der Waals surface area contributed by atoms with Gasteiger partial charge in [-0.2, -0.15) is 5.10 Å². The van der Waals surface area contributed by atoms with Crippen LogP contribution in [0.1, 0.15) is 11.1 Å². The Hall–Kier alpha value is -3.38. The smallest absolute Gasteiger partial charge is 0.191 e. The molecule has 0 spiro atoms. The van der Waals surface area contributed by atoms with E-state index in [-0.39, 0.29) is 0 Å². The Kier molecular flexibility index (Phi) is 6.98. The third-order valence-electron chi connectivity index (χ3n) is 3.83. The van der Waals surface area contributed by atoms with E-state index in [9.17, 15) is 0 Å². The molecule has 0 saturated heterocycles. The maximum atomic E-state index is 5.83. The molecule has 0 aliphatic rings. The van der Waals surface area contributed by atoms with Crippen LogP contribution in [0.15, 0.2) is 84.0 Å². The predicted molar refractivity (Wildman–Crippen MR) is 117 cm³/mol. The number of methoxy groups -OCH3 is 1. The van der Waals surface area contributed by atoms with Gasteiger partial charge in [0.15, 0.2) is 5.11 Å². The number of hydrazone groups is 1. The molecule has 0 saturated carbocycles. The molecule has 0 heterocycles. The second-order valence-corrected chi connectivity index (χ2v) is 6.31. The molecule has 0 atom stereocenters. The Labute approximate surface area is 170 Å². The van der Waals surface area contributed by atoms with Gasteiger partial charge in [0.25, 0.3) is 0 Å². The fourth-order valence-electron chi connectivity index (χ4n) is 2.42. The second kappa shape index (κ2) is 10.1. The molecule has 0 bridgehead atoms. The second-order valence-electron chi connectivity index (χ2n) is 5.90. The van der Waals surface area contributed by atoms with Crippen LogP contribution in [0.4, 0.5) is 5.69 Å². The molecule has 0 fully saturated rings. The highest BCUT2D eigenvalue weighted by Crippen LogP contribution is 2.15. The molecule has 6 heteroatoms. The summed E-state index contributed by atoms with van der Waals surface area (Å²) in [7, 11) is 1.63. The average molecular weight is 391 g/mol. The molecule has 0 aromatic heterocycles. The Morgan fingerprint density at radius 3 is 2.50 bits per heavy atom. The quantitative estimate of drug-likeness (QED) is 0.350. The van der Waals surface area contributed by atoms with Crippen LogP contribution < -0.4 is 20.2 Å². The minimum Gasteiger partial charge on any atom is -0.497 e. The number of nitrogens with one attached hydrogen (secondary N) is 2. The SMILES string of the molecule is COc1ccc(NC(=S)N/N=C/c2cccc(OCc3ccccc3)c2)cc1. The minimum absolute atomic E-state index is 0.401. The van der Waals surface area contributed by atoms with Gasteiger partial charge in [0.05, 0.1) is 13.3 Å². The van der Waals surface area contributed by atoms with Crippen LogP contribution in [0, 0.1) is 0 Å². The lowest BCUT2D eigenvalue weighted by molar-refractivity contribution is 0.306. The molecule has 2 N–H and O–H groups in total. The number of ether oxygens (including phenoxy) is 2. The van der Waals surface area contributed by atoms with Crippen molar-refractivity contribution in [1.29, 1.82) is 0 Å². The summed E-state index contributed by atoms with van der Waals surface area (Å²) in [6.07, 6.45) is 1.69. The predicted octanol–water partition coefficient (Wildman–Crippen LogP) is 4.59. The first-order valence-corrected chi connectivity index (χ1v) is 9.14. The lowest BCUT2D eigenvalue weighted by atomic mass is 10.2. The summed E-state index contributed by atoms with van der Waals surface area (Å²) < 4.78 is 11.0. The molecule has 3 aromatic carbocycles. The normalized spacial score (nSPS) is 10.5. The molecule has 28 heavy (non-hydrogen) atoms. The van der Waals surface area contributed by atoms with Gasteiger partial charge in [-0.05, 0) is 59.7 Å². The minimum atomic E-state index is 0.401. The van der Waals surface area contributed by atoms with E-state index in [0.29, 0.717) is 11.7 Å². The molecule has 0 unspecified atom stereocenters. The summed E-state index contributed by atoms with van der Waals surface area (Å²) >= 11 is 5.24. The first kappa shape index (κ1) is 19.4. The molecular weight excluding hydrogens is 370 g/mol. The first-order valence-electron chi connectivity index (χ1n) is 8.74. The molecule has 0 radical (unpaired) electrons. The van der Waals surface area contributed by atoms with Crippen molar-refractivity contribution in [3.05, 3.63) is 90.0 Å². The molecule has 0 amide bonds. The van der Waals surface area contributed by atoms with Crippen LogP contribution >= 0.6 is 12.2 Å². The summed E-state index contributed by atoms with van der Waals surface area (Å²) in [5.74, 6) is 1.57. The number of anilines is 1. The van der Waals surface area contributed by atoms with Crippen molar-refractivity contribution in [2.24, 2.45) is 5.10 Å². The molecule has 0 aliphatic carbocycles. The van der Waals surface area contributed by atoms with Crippen molar-refractivity contribution in [2.75, 3.05) is 12.4 Å². The maximum Gasteiger partial charge on any atom is 0.191 e. The van der Waals surface area contributed by atoms with E-state index in [1.807, 2.05) is 78.9 Å². The van der Waals surface area contributed by atoms with Crippen molar-refractivity contribution in [1.82, 2.24) is 5.43 Å². The van der Waals surface area contributed by atoms with Crippen LogP contribution in [0.5, 0.6) is 11.5 Å². The zero-order valence-electron chi connectivity index (χ0n) is 15.5. The first-order chi connectivity index (χ1) is 13.7. The van der Waals surface area contributed by atoms with Crippen LogP contribution in [0.25, 0.3) is 0 Å². The standard InChI is InChI=1S/C22H21N3O2S/c1-26-20-12-10-19(11-13-20)24-22(28)25-23-15-18-8-5-9-21(14-18)27-16-17-6-3-2-4-7-17/h2-15H,16H2,1H3,(H2,24,25,28)/b23-15+. The number of hydrogen-bond acceptors (Lipinski definition) is 4. The molecule has 5 nitrogen and oxygen atoms in total. The number of hydrogen-bond donors (Lipinski definition) is 2. The van der Waals surface area contributed by atoms with Crippen molar-refractivity contribution in [3.63, 3.8) is 0 Å². The third-order valence-corrected chi connectivity index (χ3v) is 4.03. The Morgan fingerprint density at radius 1 is 0.964 bits per heavy atom. The summed E-state index contributed by atoms with van der Waals surface area (Å²) in [6, 6.07) is 25.2. The van der Waals surface area contributed by atoms with E-state index in [0.717, 1.165) is 28.3 Å². The van der Waals surface area contributed by atoms with Gasteiger partial charge < -0.3 is 14.8 Å². The highest BCUT2D eigenvalue weighted by molar-refractivity contribution is 7.80. The Bertz CT molecular complexity index is 928.